The third-order valence-corrected chi connectivity index (χ3v) is 20.6. The van der Waals surface area contributed by atoms with Crippen LogP contribution in [0.3, 0.4) is 0 Å². The second-order valence-electron chi connectivity index (χ2n) is 19.3. The normalized spacial score (nSPS) is 13.7. The van der Waals surface area contributed by atoms with E-state index in [0.29, 0.717) is 3.63 Å². The predicted molar refractivity (Wildman–Crippen MR) is 248 cm³/mol. The van der Waals surface area contributed by atoms with Crippen molar-refractivity contribution < 1.29 is 21.3 Å². The van der Waals surface area contributed by atoms with Crippen LogP contribution in [-0.4, -0.2) is 3.21 Å². The van der Waals surface area contributed by atoms with Gasteiger partial charge < -0.3 is 0 Å². The number of rotatable bonds is 8. The molecule has 0 atom stereocenters. The summed E-state index contributed by atoms with van der Waals surface area (Å²) in [6, 6.07) is 47.6. The van der Waals surface area contributed by atoms with Crippen LogP contribution in [0.5, 0.6) is 0 Å². The van der Waals surface area contributed by atoms with E-state index in [1.54, 1.807) is 17.6 Å². The van der Waals surface area contributed by atoms with Crippen molar-refractivity contribution in [2.45, 2.75) is 103 Å². The van der Waals surface area contributed by atoms with Gasteiger partial charge in [-0.25, -0.2) is 0 Å². The maximum atomic E-state index is 2.69. The average molecular weight is 836 g/mol. The molecule has 0 bridgehead atoms. The van der Waals surface area contributed by atoms with Crippen molar-refractivity contribution in [1.29, 1.82) is 0 Å². The Bertz CT molecular complexity index is 2410. The minimum atomic E-state index is -2.83. The van der Waals surface area contributed by atoms with Crippen LogP contribution in [-0.2, 0) is 44.9 Å². The van der Waals surface area contributed by atoms with Crippen LogP contribution in [0.15, 0.2) is 143 Å². The van der Waals surface area contributed by atoms with Crippen LogP contribution >= 0.6 is 0 Å². The van der Waals surface area contributed by atoms with Crippen LogP contribution in [0.4, 0.5) is 0 Å². The molecule has 0 spiro atoms. The molecule has 0 heterocycles. The fourth-order valence-electron chi connectivity index (χ4n) is 9.84. The van der Waals surface area contributed by atoms with E-state index in [0.717, 1.165) is 19.3 Å². The van der Waals surface area contributed by atoms with Gasteiger partial charge in [-0.05, 0) is 0 Å². The Kier molecular flexibility index (Phi) is 11.1. The zero-order chi connectivity index (χ0) is 40.9. The zero-order valence-corrected chi connectivity index (χ0v) is 38.9. The molecule has 0 amide bonds. The fourth-order valence-corrected chi connectivity index (χ4v) is 19.0. The fraction of sp³-hybridized carbons (Fsp3) is 0.281. The Morgan fingerprint density at radius 2 is 0.931 bits per heavy atom. The van der Waals surface area contributed by atoms with E-state index in [4.69, 9.17) is 0 Å². The van der Waals surface area contributed by atoms with Gasteiger partial charge in [0.2, 0.25) is 0 Å². The number of hydrogen-bond acceptors (Lipinski definition) is 0. The van der Waals surface area contributed by atoms with Gasteiger partial charge in [-0.1, -0.05) is 0 Å². The van der Waals surface area contributed by atoms with Gasteiger partial charge in [0.1, 0.15) is 0 Å². The Balaban J connectivity index is 1.51. The van der Waals surface area contributed by atoms with E-state index in [-0.39, 0.29) is 10.8 Å². The summed E-state index contributed by atoms with van der Waals surface area (Å²) in [6.45, 7) is 23.4. The van der Waals surface area contributed by atoms with Gasteiger partial charge in [-0.2, -0.15) is 0 Å². The van der Waals surface area contributed by atoms with Gasteiger partial charge in [0.25, 0.3) is 0 Å². The van der Waals surface area contributed by atoms with Crippen molar-refractivity contribution in [2.24, 2.45) is 0 Å². The second kappa shape index (κ2) is 16.0. The summed E-state index contributed by atoms with van der Waals surface area (Å²) in [5, 5.41) is 0. The quantitative estimate of drug-likeness (QED) is 0.143. The van der Waals surface area contributed by atoms with Crippen molar-refractivity contribution in [3.8, 4) is 33.4 Å². The molecule has 0 unspecified atom stereocenters. The second-order valence-corrected chi connectivity index (χ2v) is 26.1. The third-order valence-electron chi connectivity index (χ3n) is 12.3. The molecule has 0 aromatic heterocycles. The van der Waals surface area contributed by atoms with Crippen molar-refractivity contribution in [1.82, 2.24) is 0 Å². The molecule has 6 aromatic carbocycles. The van der Waals surface area contributed by atoms with E-state index in [1.807, 2.05) is 0 Å². The molecule has 0 saturated heterocycles. The standard InChI is InChI=1S/C37H41.C15H14.C5H5.Zr/c1-22-11-23(2)14-26(13-22)32-18-28-17-29-19-33(27-15-24(3)12-25(4)16-27)35(37(8,9)10)21-31(29)30(28)20-34(32)36(5,6)7;1-3-8-14(9-4-1)12-7-13-15-10-5-2-6-11-15;1-2-4-5-3-1;/h11-21H,1-10H3;1-6,8-11H,12-13H2;1-3H,4H2;. The number of aryl methyl sites for hydroxylation is 4. The van der Waals surface area contributed by atoms with Crippen LogP contribution < -0.4 is 0 Å². The molecule has 0 fully saturated rings. The number of hydrogen-bond donors (Lipinski definition) is 0. The van der Waals surface area contributed by atoms with Crippen molar-refractivity contribution in [2.75, 3.05) is 0 Å². The summed E-state index contributed by atoms with van der Waals surface area (Å²) < 4.78 is 3.84. The van der Waals surface area contributed by atoms with Crippen molar-refractivity contribution in [3.05, 3.63) is 198 Å². The molecule has 0 aliphatic heterocycles. The summed E-state index contributed by atoms with van der Waals surface area (Å²) in [5.41, 5.74) is 22.4. The topological polar surface area (TPSA) is 0 Å². The molecule has 0 saturated carbocycles. The molecule has 2 aliphatic rings. The summed E-state index contributed by atoms with van der Waals surface area (Å²) in [6.07, 6.45) is 10.4. The third kappa shape index (κ3) is 8.23. The van der Waals surface area contributed by atoms with Gasteiger partial charge >= 0.3 is 359 Å². The summed E-state index contributed by atoms with van der Waals surface area (Å²) in [7, 11) is 0. The molecule has 292 valence electrons. The van der Waals surface area contributed by atoms with E-state index < -0.39 is 21.3 Å². The van der Waals surface area contributed by atoms with E-state index in [2.05, 4.69) is 209 Å². The van der Waals surface area contributed by atoms with Gasteiger partial charge in [0, 0.05) is 0 Å². The monoisotopic (exact) mass is 834 g/mol. The molecule has 0 nitrogen and oxygen atoms in total. The molecule has 8 rings (SSSR count). The minimum absolute atomic E-state index is 0.0382. The van der Waals surface area contributed by atoms with Crippen LogP contribution in [0, 0.1) is 27.7 Å². The van der Waals surface area contributed by atoms with Crippen molar-refractivity contribution >= 4 is 3.21 Å². The summed E-state index contributed by atoms with van der Waals surface area (Å²) in [5.74, 6) is 0. The van der Waals surface area contributed by atoms with Crippen LogP contribution in [0.2, 0.25) is 0 Å². The summed E-state index contributed by atoms with van der Waals surface area (Å²) >= 11 is -2.83. The van der Waals surface area contributed by atoms with E-state index in [1.165, 1.54) is 77.9 Å². The molecular weight excluding hydrogens is 776 g/mol. The molecule has 2 aliphatic carbocycles. The summed E-state index contributed by atoms with van der Waals surface area (Å²) in [4.78, 5) is 0. The van der Waals surface area contributed by atoms with E-state index in [9.17, 15) is 0 Å². The first-order valence-corrected chi connectivity index (χ1v) is 25.2. The molecule has 6 aromatic rings. The first-order valence-electron chi connectivity index (χ1n) is 21.3. The zero-order valence-electron chi connectivity index (χ0n) is 36.5. The van der Waals surface area contributed by atoms with Gasteiger partial charge in [0.05, 0.1) is 0 Å². The SMILES string of the molecule is Cc1cc(C)cc(-c2cc3c(cc2C(C)(C)C)-c2cc(C(C)(C)C)c(-c4cc(C)cc(C)c4)cc2[CH]3[Zr]([C]2=CC=CC2)=[C](Cc2ccccc2)Cc2ccccc2)c1. The van der Waals surface area contributed by atoms with Gasteiger partial charge in [-0.15, -0.1) is 0 Å². The molecular formula is C57H60Zr. The van der Waals surface area contributed by atoms with E-state index >= 15 is 0 Å². The van der Waals surface area contributed by atoms with Gasteiger partial charge in [0.15, 0.2) is 0 Å². The number of fused-ring (bicyclic) bond motifs is 3. The average Bonchev–Trinajstić information content (AvgIpc) is 3.80. The predicted octanol–water partition coefficient (Wildman–Crippen LogP) is 15.0. The molecule has 0 N–H and O–H groups in total. The Morgan fingerprint density at radius 3 is 1.29 bits per heavy atom. The maximum absolute atomic E-state index is 2.83. The number of benzene rings is 6. The molecule has 58 heavy (non-hydrogen) atoms. The molecule has 1 heteroatoms. The van der Waals surface area contributed by atoms with Crippen LogP contribution in [0.25, 0.3) is 33.4 Å². The van der Waals surface area contributed by atoms with Crippen LogP contribution in [0.1, 0.15) is 107 Å². The van der Waals surface area contributed by atoms with Crippen molar-refractivity contribution in [3.63, 3.8) is 0 Å². The Hall–Kier alpha value is -4.45. The Labute approximate surface area is 357 Å². The molecule has 0 radical (unpaired) electrons. The Morgan fingerprint density at radius 1 is 0.517 bits per heavy atom. The number of allylic oxidation sites excluding steroid dienone is 4. The first kappa shape index (κ1) is 40.3. The van der Waals surface area contributed by atoms with Gasteiger partial charge in [-0.3, -0.25) is 0 Å². The first-order chi connectivity index (χ1) is 27.6.